The maximum atomic E-state index is 11.1. The smallest absolute Gasteiger partial charge is 0.329 e. The van der Waals surface area contributed by atoms with Crippen molar-refractivity contribution in [1.82, 2.24) is 0 Å². The van der Waals surface area contributed by atoms with Gasteiger partial charge in [0.2, 0.25) is 0 Å². The third-order valence-corrected chi connectivity index (χ3v) is 4.40. The zero-order valence-corrected chi connectivity index (χ0v) is 12.1. The molecule has 0 bridgehead atoms. The lowest BCUT2D eigenvalue weighted by Crippen LogP contribution is -2.34. The Labute approximate surface area is 120 Å². The minimum absolute atomic E-state index is 0.143. The van der Waals surface area contributed by atoms with E-state index in [9.17, 15) is 9.90 Å². The van der Waals surface area contributed by atoms with Gasteiger partial charge in [-0.15, -0.1) is 11.8 Å². The molecule has 0 amide bonds. The molecule has 0 radical (unpaired) electrons. The van der Waals surface area contributed by atoms with Crippen LogP contribution >= 0.6 is 23.4 Å². The van der Waals surface area contributed by atoms with Crippen molar-refractivity contribution in [1.29, 1.82) is 0 Å². The molecule has 0 saturated carbocycles. The van der Waals surface area contributed by atoms with Gasteiger partial charge in [0.15, 0.2) is 6.04 Å². The quantitative estimate of drug-likeness (QED) is 0.900. The number of rotatable bonds is 3. The fourth-order valence-electron chi connectivity index (χ4n) is 1.98. The zero-order chi connectivity index (χ0) is 14.2. The number of aliphatic imine (C=N–C) groups is 1. The van der Waals surface area contributed by atoms with Crippen LogP contribution in [0, 0.1) is 0 Å². The monoisotopic (exact) mass is 299 g/mol. The number of phenolic OH excluding ortho intramolecular Hbond substituents is 1. The molecule has 2 N–H and O–H groups in total. The van der Waals surface area contributed by atoms with Gasteiger partial charge in [-0.3, -0.25) is 4.99 Å². The second-order valence-corrected chi connectivity index (χ2v) is 7.08. The van der Waals surface area contributed by atoms with E-state index < -0.39 is 16.8 Å². The number of aromatic hydroxyl groups is 1. The summed E-state index contributed by atoms with van der Waals surface area (Å²) in [5, 5.41) is 20.1. The van der Waals surface area contributed by atoms with Gasteiger partial charge in [-0.25, -0.2) is 4.79 Å². The van der Waals surface area contributed by atoms with Crippen LogP contribution in [0.1, 0.15) is 19.4 Å². The van der Waals surface area contributed by atoms with Crippen LogP contribution in [0.4, 0.5) is 0 Å². The molecule has 1 aliphatic heterocycles. The Hall–Kier alpha value is -1.20. The van der Waals surface area contributed by atoms with E-state index in [1.165, 1.54) is 17.8 Å². The molecule has 0 fully saturated rings. The van der Waals surface area contributed by atoms with E-state index >= 15 is 0 Å². The Bertz CT molecular complexity index is 557. The molecule has 6 heteroatoms. The van der Waals surface area contributed by atoms with Gasteiger partial charge in [0.1, 0.15) is 5.75 Å². The van der Waals surface area contributed by atoms with Crippen LogP contribution in [0.2, 0.25) is 5.02 Å². The van der Waals surface area contributed by atoms with E-state index in [0.29, 0.717) is 22.1 Å². The summed E-state index contributed by atoms with van der Waals surface area (Å²) in [6.45, 7) is 3.70. The molecule has 1 heterocycles. The molecule has 0 spiro atoms. The van der Waals surface area contributed by atoms with E-state index in [1.807, 2.05) is 13.8 Å². The number of aliphatic carboxylic acids is 1. The van der Waals surface area contributed by atoms with Gasteiger partial charge < -0.3 is 10.2 Å². The number of nitrogens with zero attached hydrogens (tertiary/aromatic N) is 1. The maximum Gasteiger partial charge on any atom is 0.329 e. The van der Waals surface area contributed by atoms with Gasteiger partial charge in [0.25, 0.3) is 0 Å². The van der Waals surface area contributed by atoms with Crippen LogP contribution in [-0.4, -0.2) is 32.0 Å². The van der Waals surface area contributed by atoms with Crippen LogP contribution in [0.15, 0.2) is 23.2 Å². The van der Waals surface area contributed by atoms with Gasteiger partial charge in [0.05, 0.1) is 5.04 Å². The largest absolute Gasteiger partial charge is 0.508 e. The normalized spacial score (nSPS) is 21.2. The Balaban J connectivity index is 2.23. The highest BCUT2D eigenvalue weighted by Gasteiger charge is 2.42. The summed E-state index contributed by atoms with van der Waals surface area (Å²) in [6, 6.07) is 4.04. The number of hydrogen-bond donors (Lipinski definition) is 2. The summed E-state index contributed by atoms with van der Waals surface area (Å²) in [6.07, 6.45) is 0.393. The molecule has 0 aromatic heterocycles. The highest BCUT2D eigenvalue weighted by molar-refractivity contribution is 8.15. The van der Waals surface area contributed by atoms with Crippen molar-refractivity contribution in [3.05, 3.63) is 28.8 Å². The fraction of sp³-hybridized carbons (Fsp3) is 0.385. The standard InChI is InChI=1S/C13H14ClNO3S/c1-13(2)11(12(17)18)15-10(19-13)6-7-5-8(14)3-4-9(7)16/h3-5,11,16H,6H2,1-2H3,(H,17,18)/t11-/m0/s1. The van der Waals surface area contributed by atoms with Gasteiger partial charge in [-0.2, -0.15) is 0 Å². The highest BCUT2D eigenvalue weighted by atomic mass is 35.5. The van der Waals surface area contributed by atoms with Crippen molar-refractivity contribution in [2.75, 3.05) is 0 Å². The van der Waals surface area contributed by atoms with Crippen molar-refractivity contribution in [2.24, 2.45) is 4.99 Å². The molecule has 1 aromatic rings. The molecule has 0 unspecified atom stereocenters. The van der Waals surface area contributed by atoms with Gasteiger partial charge in [0, 0.05) is 21.8 Å². The van der Waals surface area contributed by atoms with Crippen molar-refractivity contribution in [2.45, 2.75) is 31.1 Å². The van der Waals surface area contributed by atoms with E-state index in [1.54, 1.807) is 12.1 Å². The maximum absolute atomic E-state index is 11.1. The molecule has 0 aliphatic carbocycles. The summed E-state index contributed by atoms with van der Waals surface area (Å²) in [7, 11) is 0. The van der Waals surface area contributed by atoms with Crippen LogP contribution in [-0.2, 0) is 11.2 Å². The summed E-state index contributed by atoms with van der Waals surface area (Å²) >= 11 is 7.31. The summed E-state index contributed by atoms with van der Waals surface area (Å²) in [5.41, 5.74) is 0.653. The van der Waals surface area contributed by atoms with Crippen molar-refractivity contribution >= 4 is 34.4 Å². The first-order valence-electron chi connectivity index (χ1n) is 5.75. The van der Waals surface area contributed by atoms with E-state index in [-0.39, 0.29) is 5.75 Å². The predicted octanol–water partition coefficient (Wildman–Crippen LogP) is 2.97. The molecule has 4 nitrogen and oxygen atoms in total. The molecule has 1 atom stereocenters. The van der Waals surface area contributed by atoms with E-state index in [0.717, 1.165) is 0 Å². The Kier molecular flexibility index (Phi) is 3.78. The SMILES string of the molecule is CC1(C)SC(Cc2cc(Cl)ccc2O)=N[C@H]1C(=O)O. The minimum atomic E-state index is -0.928. The van der Waals surface area contributed by atoms with Crippen LogP contribution in [0.5, 0.6) is 5.75 Å². The molecular weight excluding hydrogens is 286 g/mol. The van der Waals surface area contributed by atoms with Crippen LogP contribution < -0.4 is 0 Å². The number of phenols is 1. The van der Waals surface area contributed by atoms with Crippen LogP contribution in [0.25, 0.3) is 0 Å². The second kappa shape index (κ2) is 5.06. The number of carboxylic acids is 1. The van der Waals surface area contributed by atoms with Gasteiger partial charge >= 0.3 is 5.97 Å². The molecule has 19 heavy (non-hydrogen) atoms. The summed E-state index contributed by atoms with van der Waals surface area (Å²) in [5.74, 6) is -0.785. The molecule has 1 aromatic carbocycles. The van der Waals surface area contributed by atoms with Gasteiger partial charge in [-0.05, 0) is 32.0 Å². The Morgan fingerprint density at radius 2 is 2.21 bits per heavy atom. The lowest BCUT2D eigenvalue weighted by atomic mass is 10.0. The first-order chi connectivity index (χ1) is 8.79. The highest BCUT2D eigenvalue weighted by Crippen LogP contribution is 2.39. The topological polar surface area (TPSA) is 69.9 Å². The molecule has 0 saturated heterocycles. The lowest BCUT2D eigenvalue weighted by molar-refractivity contribution is -0.138. The molecule has 102 valence electrons. The molecule has 1 aliphatic rings. The summed E-state index contributed by atoms with van der Waals surface area (Å²) < 4.78 is -0.477. The fourth-order valence-corrected chi connectivity index (χ4v) is 3.43. The number of hydrogen-bond acceptors (Lipinski definition) is 4. The number of thioether (sulfide) groups is 1. The van der Waals surface area contributed by atoms with Crippen molar-refractivity contribution < 1.29 is 15.0 Å². The average molecular weight is 300 g/mol. The van der Waals surface area contributed by atoms with Crippen molar-refractivity contribution in [3.8, 4) is 5.75 Å². The number of carboxylic acid groups (broad SMARTS) is 1. The first-order valence-corrected chi connectivity index (χ1v) is 6.95. The molecular formula is C13H14ClNO3S. The Morgan fingerprint density at radius 3 is 2.79 bits per heavy atom. The Morgan fingerprint density at radius 1 is 1.53 bits per heavy atom. The summed E-state index contributed by atoms with van der Waals surface area (Å²) in [4.78, 5) is 15.4. The van der Waals surface area contributed by atoms with E-state index in [4.69, 9.17) is 16.7 Å². The third kappa shape index (κ3) is 3.04. The van der Waals surface area contributed by atoms with Crippen molar-refractivity contribution in [3.63, 3.8) is 0 Å². The third-order valence-electron chi connectivity index (χ3n) is 2.93. The predicted molar refractivity (Wildman–Crippen MR) is 77.3 cm³/mol. The first kappa shape index (κ1) is 14.2. The second-order valence-electron chi connectivity index (χ2n) is 4.92. The zero-order valence-electron chi connectivity index (χ0n) is 10.6. The van der Waals surface area contributed by atoms with E-state index in [2.05, 4.69) is 4.99 Å². The van der Waals surface area contributed by atoms with Gasteiger partial charge in [-0.1, -0.05) is 11.6 Å². The lowest BCUT2D eigenvalue weighted by Gasteiger charge is -2.20. The average Bonchev–Trinajstić information content (AvgIpc) is 2.59. The van der Waals surface area contributed by atoms with Crippen LogP contribution in [0.3, 0.4) is 0 Å². The number of carbonyl (C=O) groups is 1. The minimum Gasteiger partial charge on any atom is -0.508 e. The molecule has 2 rings (SSSR count). The number of benzene rings is 1. The number of halogens is 1.